The Morgan fingerprint density at radius 3 is 2.05 bits per heavy atom. The van der Waals surface area contributed by atoms with Crippen molar-refractivity contribution in [3.8, 4) is 0 Å². The van der Waals surface area contributed by atoms with Gasteiger partial charge in [0.2, 0.25) is 0 Å². The molecular weight excluding hydrogens is 753 g/mol. The van der Waals surface area contributed by atoms with Crippen molar-refractivity contribution in [3.63, 3.8) is 0 Å². The topological polar surface area (TPSA) is 96.8 Å². The van der Waals surface area contributed by atoms with Crippen LogP contribution in [0.25, 0.3) is 0 Å². The highest BCUT2D eigenvalue weighted by Crippen LogP contribution is 2.68. The number of benzene rings is 4. The zero-order valence-electron chi connectivity index (χ0n) is 37.5. The number of hydrogen-bond donors (Lipinski definition) is 2. The minimum atomic E-state index is -0.257. The molecule has 3 saturated carbocycles. The van der Waals surface area contributed by atoms with Gasteiger partial charge in [0.1, 0.15) is 18.5 Å². The number of anilines is 2. The van der Waals surface area contributed by atoms with Crippen LogP contribution >= 0.6 is 0 Å². The summed E-state index contributed by atoms with van der Waals surface area (Å²) in [5.41, 5.74) is 21.4. The molecule has 324 valence electrons. The summed E-state index contributed by atoms with van der Waals surface area (Å²) in [4.78, 5) is 26.7. The highest BCUT2D eigenvalue weighted by molar-refractivity contribution is 5.89. The Morgan fingerprint density at radius 2 is 1.36 bits per heavy atom. The third-order valence-electron chi connectivity index (χ3n) is 15.9. The zero-order valence-corrected chi connectivity index (χ0v) is 37.5. The molecule has 8 atom stereocenters. The minimum absolute atomic E-state index is 0.0230. The second kappa shape index (κ2) is 18.4. The number of hydrogen-bond acceptors (Lipinski definition) is 6. The molecule has 0 aliphatic heterocycles. The van der Waals surface area contributed by atoms with Gasteiger partial charge in [-0.05, 0) is 167 Å². The van der Waals surface area contributed by atoms with Gasteiger partial charge in [0.25, 0.3) is 0 Å². The van der Waals surface area contributed by atoms with Crippen molar-refractivity contribution in [2.45, 2.75) is 131 Å². The van der Waals surface area contributed by atoms with Crippen molar-refractivity contribution in [3.05, 3.63) is 142 Å². The molecule has 4 aliphatic carbocycles. The van der Waals surface area contributed by atoms with Crippen molar-refractivity contribution in [2.75, 3.05) is 11.5 Å². The van der Waals surface area contributed by atoms with Crippen LogP contribution in [0.4, 0.5) is 11.4 Å². The number of carbonyl (C=O) groups excluding carboxylic acids is 1. The van der Waals surface area contributed by atoms with Crippen LogP contribution < -0.4 is 11.5 Å². The molecule has 3 fully saturated rings. The van der Waals surface area contributed by atoms with Crippen molar-refractivity contribution in [1.82, 2.24) is 0 Å². The number of nitrogens with two attached hydrogens (primary N) is 2. The second-order valence-corrected chi connectivity index (χ2v) is 20.4. The van der Waals surface area contributed by atoms with Crippen molar-refractivity contribution < 1.29 is 19.3 Å². The van der Waals surface area contributed by atoms with Crippen LogP contribution in [-0.4, -0.2) is 12.1 Å². The SMILES string of the molecule is CC(C)CCCC(C)C1CCC2C3CC(OOCc4cccc(Cc5ccc(N)cc5)c4)=C4CC(OC(=O)c5cccc(Cc6ccc(N)cc6)c5)CC[C@]4(C)C3CC[C@]12C. The number of fused-ring (bicyclic) bond motifs is 5. The molecule has 0 saturated heterocycles. The Hall–Kier alpha value is -4.55. The molecule has 6 heteroatoms. The number of ether oxygens (including phenoxy) is 1. The molecule has 4 aromatic rings. The lowest BCUT2D eigenvalue weighted by Gasteiger charge is -2.58. The number of carbonyl (C=O) groups is 1. The Kier molecular flexibility index (Phi) is 13.0. The Bertz CT molecular complexity index is 2160. The summed E-state index contributed by atoms with van der Waals surface area (Å²) >= 11 is 0. The van der Waals surface area contributed by atoms with E-state index in [4.69, 9.17) is 26.0 Å². The normalized spacial score (nSPS) is 27.5. The van der Waals surface area contributed by atoms with Crippen molar-refractivity contribution in [1.29, 1.82) is 0 Å². The molecule has 6 unspecified atom stereocenters. The maximum atomic E-state index is 13.8. The molecule has 61 heavy (non-hydrogen) atoms. The van der Waals surface area contributed by atoms with Gasteiger partial charge < -0.3 is 21.1 Å². The van der Waals surface area contributed by atoms with Crippen LogP contribution in [0.1, 0.15) is 143 Å². The van der Waals surface area contributed by atoms with Gasteiger partial charge in [0, 0.05) is 24.2 Å². The van der Waals surface area contributed by atoms with E-state index in [2.05, 4.69) is 77.1 Å². The van der Waals surface area contributed by atoms with Crippen LogP contribution in [0.3, 0.4) is 0 Å². The molecule has 0 amide bonds. The highest BCUT2D eigenvalue weighted by Gasteiger charge is 2.61. The van der Waals surface area contributed by atoms with E-state index in [9.17, 15) is 4.79 Å². The van der Waals surface area contributed by atoms with Crippen LogP contribution in [0.5, 0.6) is 0 Å². The van der Waals surface area contributed by atoms with Gasteiger partial charge in [-0.15, -0.1) is 0 Å². The summed E-state index contributed by atoms with van der Waals surface area (Å²) in [5.74, 6) is 4.88. The largest absolute Gasteiger partial charge is 0.458 e. The molecule has 0 radical (unpaired) electrons. The van der Waals surface area contributed by atoms with Crippen LogP contribution in [0, 0.1) is 46.3 Å². The Balaban J connectivity index is 1.01. The van der Waals surface area contributed by atoms with E-state index in [1.807, 2.05) is 54.6 Å². The molecule has 0 aromatic heterocycles. The number of allylic oxidation sites excluding steroid dienone is 1. The zero-order chi connectivity index (χ0) is 42.7. The van der Waals surface area contributed by atoms with Crippen LogP contribution in [0.15, 0.2) is 108 Å². The predicted molar refractivity (Wildman–Crippen MR) is 247 cm³/mol. The smallest absolute Gasteiger partial charge is 0.338 e. The molecule has 8 rings (SSSR count). The molecule has 4 N–H and O–H groups in total. The second-order valence-electron chi connectivity index (χ2n) is 20.4. The molecule has 4 aromatic carbocycles. The Morgan fingerprint density at radius 1 is 0.705 bits per heavy atom. The van der Waals surface area contributed by atoms with Crippen molar-refractivity contribution in [2.24, 2.45) is 46.3 Å². The van der Waals surface area contributed by atoms with E-state index in [0.29, 0.717) is 41.8 Å². The molecule has 6 nitrogen and oxygen atoms in total. The monoisotopic (exact) mass is 823 g/mol. The van der Waals surface area contributed by atoms with E-state index >= 15 is 0 Å². The van der Waals surface area contributed by atoms with Gasteiger partial charge in [-0.2, -0.15) is 4.89 Å². The van der Waals surface area contributed by atoms with Crippen LogP contribution in [-0.2, 0) is 34.0 Å². The lowest BCUT2D eigenvalue weighted by Crippen LogP contribution is -2.52. The first-order valence-corrected chi connectivity index (χ1v) is 23.5. The molecule has 0 heterocycles. The Labute approximate surface area is 365 Å². The summed E-state index contributed by atoms with van der Waals surface area (Å²) < 4.78 is 6.40. The van der Waals surface area contributed by atoms with Crippen LogP contribution in [0.2, 0.25) is 0 Å². The number of rotatable bonds is 15. The van der Waals surface area contributed by atoms with E-state index in [1.165, 1.54) is 61.6 Å². The molecular formula is C55H70N2O4. The standard InChI is InChI=1S/C55H70N2O4/c1-36(2)9-6-10-37(3)48-23-24-49-47-34-52(61-59-35-42-13-7-11-40(31-42)29-38-15-19-44(56)20-16-38)51-33-46(25-27-55(51,5)50(47)26-28-54(48,49)4)60-53(58)43-14-8-12-41(32-43)30-39-17-21-45(57)22-18-39/h7-8,11-22,31-32,36-37,46-50H,6,9-10,23-30,33-35,56-57H2,1-5H3/t37?,46?,47?,48?,49?,50?,54-,55-/m1/s1. The van der Waals surface area contributed by atoms with E-state index in [1.54, 1.807) is 0 Å². The first kappa shape index (κ1) is 43.1. The van der Waals surface area contributed by atoms with Crippen molar-refractivity contribution >= 4 is 17.3 Å². The highest BCUT2D eigenvalue weighted by atomic mass is 17.2. The molecule has 4 aliphatic rings. The predicted octanol–water partition coefficient (Wildman–Crippen LogP) is 13.1. The summed E-state index contributed by atoms with van der Waals surface area (Å²) in [6.45, 7) is 12.8. The lowest BCUT2D eigenvalue weighted by atomic mass is 9.46. The summed E-state index contributed by atoms with van der Waals surface area (Å²) in [6, 6.07) is 32.5. The first-order chi connectivity index (χ1) is 29.4. The maximum absolute atomic E-state index is 13.8. The van der Waals surface area contributed by atoms with Gasteiger partial charge >= 0.3 is 5.97 Å². The first-order valence-electron chi connectivity index (χ1n) is 23.5. The third-order valence-corrected chi connectivity index (χ3v) is 15.9. The van der Waals surface area contributed by atoms with Gasteiger partial charge in [-0.3, -0.25) is 0 Å². The fourth-order valence-corrected chi connectivity index (χ4v) is 12.7. The van der Waals surface area contributed by atoms with Gasteiger partial charge in [0.05, 0.1) is 5.56 Å². The summed E-state index contributed by atoms with van der Waals surface area (Å²) in [6.07, 6.45) is 14.0. The third kappa shape index (κ3) is 9.60. The van der Waals surface area contributed by atoms with E-state index in [-0.39, 0.29) is 17.5 Å². The molecule has 0 bridgehead atoms. The quantitative estimate of drug-likeness (QED) is 0.0536. The van der Waals surface area contributed by atoms with E-state index < -0.39 is 0 Å². The number of nitrogen functional groups attached to an aromatic ring is 2. The van der Waals surface area contributed by atoms with E-state index in [0.717, 1.165) is 83.7 Å². The summed E-state index contributed by atoms with van der Waals surface area (Å²) in [5, 5.41) is 0. The van der Waals surface area contributed by atoms with Gasteiger partial charge in [-0.1, -0.05) is 115 Å². The minimum Gasteiger partial charge on any atom is -0.458 e. The van der Waals surface area contributed by atoms with Gasteiger partial charge in [-0.25, -0.2) is 4.79 Å². The lowest BCUT2D eigenvalue weighted by molar-refractivity contribution is -0.281. The average Bonchev–Trinajstić information content (AvgIpc) is 3.60. The van der Waals surface area contributed by atoms with Gasteiger partial charge in [0.15, 0.2) is 0 Å². The molecule has 0 spiro atoms. The maximum Gasteiger partial charge on any atom is 0.338 e. The fourth-order valence-electron chi connectivity index (χ4n) is 12.7. The fraction of sp³-hybridized carbons (Fsp3) is 0.509. The number of esters is 1. The average molecular weight is 823 g/mol. The summed E-state index contributed by atoms with van der Waals surface area (Å²) in [7, 11) is 0.